The highest BCUT2D eigenvalue weighted by Gasteiger charge is 2.30. The van der Waals surface area contributed by atoms with Crippen molar-refractivity contribution in [3.8, 4) is 0 Å². The molecular weight excluding hydrogens is 230 g/mol. The molecule has 1 aromatic rings. The van der Waals surface area contributed by atoms with Crippen molar-refractivity contribution in [3.63, 3.8) is 0 Å². The van der Waals surface area contributed by atoms with Crippen molar-refractivity contribution in [2.45, 2.75) is 59.3 Å². The van der Waals surface area contributed by atoms with Crippen LogP contribution in [-0.4, -0.2) is 4.57 Å². The molecule has 0 saturated carbocycles. The fraction of sp³-hybridized carbons (Fsp3) is 0.556. The van der Waals surface area contributed by atoms with Crippen molar-refractivity contribution >= 4 is 5.57 Å². The van der Waals surface area contributed by atoms with Gasteiger partial charge in [0.25, 0.3) is 0 Å². The third-order valence-electron chi connectivity index (χ3n) is 3.48. The van der Waals surface area contributed by atoms with E-state index in [4.69, 9.17) is 0 Å². The molecule has 0 atom stereocenters. The van der Waals surface area contributed by atoms with E-state index in [-0.39, 0.29) is 10.8 Å². The van der Waals surface area contributed by atoms with Crippen LogP contribution in [0.3, 0.4) is 0 Å². The number of hydrogen-bond donors (Lipinski definition) is 0. The van der Waals surface area contributed by atoms with E-state index in [0.29, 0.717) is 0 Å². The molecule has 0 spiro atoms. The molecule has 19 heavy (non-hydrogen) atoms. The van der Waals surface area contributed by atoms with E-state index in [2.05, 4.69) is 78.9 Å². The van der Waals surface area contributed by atoms with E-state index in [0.717, 1.165) is 0 Å². The van der Waals surface area contributed by atoms with E-state index < -0.39 is 0 Å². The molecular formula is C18H29N. The first-order valence-corrected chi connectivity index (χ1v) is 7.00. The van der Waals surface area contributed by atoms with Crippen molar-refractivity contribution in [3.05, 3.63) is 41.7 Å². The molecule has 106 valence electrons. The smallest absolute Gasteiger partial charge is 0.0474 e. The molecule has 0 N–H and O–H groups in total. The average Bonchev–Trinajstić information content (AvgIpc) is 2.55. The summed E-state index contributed by atoms with van der Waals surface area (Å²) in [6, 6.07) is 0. The maximum atomic E-state index is 3.82. The monoisotopic (exact) mass is 259 g/mol. The topological polar surface area (TPSA) is 4.93 Å². The lowest BCUT2D eigenvalue weighted by Gasteiger charge is -2.28. The molecule has 0 aromatic carbocycles. The van der Waals surface area contributed by atoms with Gasteiger partial charge in [0.1, 0.15) is 0 Å². The Morgan fingerprint density at radius 3 is 2.00 bits per heavy atom. The largest absolute Gasteiger partial charge is 0.350 e. The van der Waals surface area contributed by atoms with Crippen LogP contribution >= 0.6 is 0 Å². The van der Waals surface area contributed by atoms with Crippen LogP contribution in [0.2, 0.25) is 0 Å². The summed E-state index contributed by atoms with van der Waals surface area (Å²) in [5, 5.41) is 0. The normalized spacial score (nSPS) is 13.8. The maximum absolute atomic E-state index is 3.82. The van der Waals surface area contributed by atoms with Gasteiger partial charge in [-0.25, -0.2) is 0 Å². The van der Waals surface area contributed by atoms with Gasteiger partial charge in [-0.2, -0.15) is 0 Å². The van der Waals surface area contributed by atoms with Crippen molar-refractivity contribution < 1.29 is 0 Å². The van der Waals surface area contributed by atoms with Crippen LogP contribution in [0.1, 0.15) is 65.3 Å². The minimum Gasteiger partial charge on any atom is -0.350 e. The first-order valence-electron chi connectivity index (χ1n) is 7.00. The first kappa shape index (κ1) is 15.8. The van der Waals surface area contributed by atoms with Crippen LogP contribution < -0.4 is 0 Å². The summed E-state index contributed by atoms with van der Waals surface area (Å²) in [4.78, 5) is 0. The van der Waals surface area contributed by atoms with Gasteiger partial charge in [0.05, 0.1) is 0 Å². The molecule has 0 amide bonds. The average molecular weight is 259 g/mol. The third kappa shape index (κ3) is 3.20. The second kappa shape index (κ2) is 5.03. The van der Waals surface area contributed by atoms with Gasteiger partial charge in [0.15, 0.2) is 0 Å². The number of aryl methyl sites for hydroxylation is 1. The Morgan fingerprint density at radius 2 is 1.63 bits per heavy atom. The molecule has 1 heterocycles. The van der Waals surface area contributed by atoms with Crippen LogP contribution in [0.5, 0.6) is 0 Å². The van der Waals surface area contributed by atoms with Gasteiger partial charge in [0, 0.05) is 18.9 Å². The minimum atomic E-state index is 0.134. The highest BCUT2D eigenvalue weighted by atomic mass is 14.9. The number of nitrogens with zero attached hydrogens (tertiary/aromatic N) is 1. The molecule has 0 bridgehead atoms. The Bertz CT molecular complexity index is 499. The van der Waals surface area contributed by atoms with E-state index in [9.17, 15) is 0 Å². The fourth-order valence-electron chi connectivity index (χ4n) is 2.69. The zero-order valence-electron chi connectivity index (χ0n) is 13.9. The lowest BCUT2D eigenvalue weighted by atomic mass is 9.76. The molecule has 0 saturated heterocycles. The molecule has 1 heteroatoms. The zero-order valence-corrected chi connectivity index (χ0v) is 13.9. The van der Waals surface area contributed by atoms with E-state index in [1.54, 1.807) is 0 Å². The van der Waals surface area contributed by atoms with Crippen LogP contribution in [-0.2, 0) is 17.9 Å². The summed E-state index contributed by atoms with van der Waals surface area (Å²) in [6.45, 7) is 19.7. The van der Waals surface area contributed by atoms with E-state index in [1.807, 2.05) is 6.08 Å². The standard InChI is InChI=1S/C18H29N/c1-10-11-13(2)16-15(18(6,7)8)14(12-19(16)9)17(3,4)5/h10-12H,1H2,2-9H3/b13-11-. The number of aromatic nitrogens is 1. The SMILES string of the molecule is C=C/C=C(/C)c1c(C(C)(C)C)c(C(C)(C)C)cn1C. The predicted octanol–water partition coefficient (Wildman–Crippen LogP) is 5.21. The van der Waals surface area contributed by atoms with Crippen molar-refractivity contribution in [1.29, 1.82) is 0 Å². The lowest BCUT2D eigenvalue weighted by molar-refractivity contribution is 0.533. The molecule has 0 unspecified atom stereocenters. The van der Waals surface area contributed by atoms with Gasteiger partial charge in [-0.1, -0.05) is 60.3 Å². The highest BCUT2D eigenvalue weighted by Crippen LogP contribution is 2.39. The molecule has 1 rings (SSSR count). The third-order valence-corrected chi connectivity index (χ3v) is 3.48. The van der Waals surface area contributed by atoms with Crippen LogP contribution in [0, 0.1) is 0 Å². The maximum Gasteiger partial charge on any atom is 0.0474 e. The van der Waals surface area contributed by atoms with Crippen LogP contribution in [0.15, 0.2) is 24.9 Å². The molecule has 0 radical (unpaired) electrons. The molecule has 0 aliphatic rings. The molecule has 0 aliphatic carbocycles. The Balaban J connectivity index is 3.70. The van der Waals surface area contributed by atoms with Gasteiger partial charge in [0.2, 0.25) is 0 Å². The Morgan fingerprint density at radius 1 is 1.11 bits per heavy atom. The number of hydrogen-bond acceptors (Lipinski definition) is 0. The van der Waals surface area contributed by atoms with Crippen molar-refractivity contribution in [1.82, 2.24) is 4.57 Å². The molecule has 1 aromatic heterocycles. The fourth-order valence-corrected chi connectivity index (χ4v) is 2.69. The minimum absolute atomic E-state index is 0.134. The molecule has 1 nitrogen and oxygen atoms in total. The number of rotatable bonds is 2. The van der Waals surface area contributed by atoms with Gasteiger partial charge in [-0.3, -0.25) is 0 Å². The van der Waals surface area contributed by atoms with Crippen LogP contribution in [0.4, 0.5) is 0 Å². The lowest BCUT2D eigenvalue weighted by Crippen LogP contribution is -2.21. The van der Waals surface area contributed by atoms with Crippen LogP contribution in [0.25, 0.3) is 5.57 Å². The second-order valence-corrected chi connectivity index (χ2v) is 7.46. The van der Waals surface area contributed by atoms with Gasteiger partial charge >= 0.3 is 0 Å². The Kier molecular flexibility index (Phi) is 4.19. The summed E-state index contributed by atoms with van der Waals surface area (Å²) in [6.07, 6.45) is 6.25. The molecule has 0 fully saturated rings. The second-order valence-electron chi connectivity index (χ2n) is 7.46. The van der Waals surface area contributed by atoms with Gasteiger partial charge in [-0.15, -0.1) is 0 Å². The molecule has 0 aliphatic heterocycles. The quantitative estimate of drug-likeness (QED) is 0.643. The predicted molar refractivity (Wildman–Crippen MR) is 86.7 cm³/mol. The summed E-state index contributed by atoms with van der Waals surface area (Å²) in [7, 11) is 2.14. The number of allylic oxidation sites excluding steroid dienone is 3. The van der Waals surface area contributed by atoms with Gasteiger partial charge in [-0.05, 0) is 34.5 Å². The van der Waals surface area contributed by atoms with Gasteiger partial charge < -0.3 is 4.57 Å². The summed E-state index contributed by atoms with van der Waals surface area (Å²) in [5.41, 5.74) is 5.80. The van der Waals surface area contributed by atoms with E-state index in [1.165, 1.54) is 22.4 Å². The van der Waals surface area contributed by atoms with E-state index >= 15 is 0 Å². The van der Waals surface area contributed by atoms with Crippen molar-refractivity contribution in [2.75, 3.05) is 0 Å². The summed E-state index contributed by atoms with van der Waals surface area (Å²) in [5.74, 6) is 0. The Hall–Kier alpha value is -1.24. The highest BCUT2D eigenvalue weighted by molar-refractivity contribution is 5.69. The first-order chi connectivity index (χ1) is 8.50. The summed E-state index contributed by atoms with van der Waals surface area (Å²) < 4.78 is 2.26. The Labute approximate surface area is 119 Å². The zero-order chi connectivity index (χ0) is 15.0. The summed E-state index contributed by atoms with van der Waals surface area (Å²) >= 11 is 0. The van der Waals surface area contributed by atoms with Crippen molar-refractivity contribution in [2.24, 2.45) is 7.05 Å².